The van der Waals surface area contributed by atoms with Crippen LogP contribution in [0.4, 0.5) is 11.4 Å². The lowest BCUT2D eigenvalue weighted by Crippen LogP contribution is -2.30. The Kier molecular flexibility index (Phi) is 5.14. The number of hydrogen-bond acceptors (Lipinski definition) is 4. The lowest BCUT2D eigenvalue weighted by Gasteiger charge is -2.20. The Bertz CT molecular complexity index is 596. The van der Waals surface area contributed by atoms with E-state index in [0.29, 0.717) is 11.3 Å². The summed E-state index contributed by atoms with van der Waals surface area (Å²) in [6, 6.07) is 4.74. The number of nitrogens with zero attached hydrogens (tertiary/aromatic N) is 1. The second kappa shape index (κ2) is 7.06. The predicted molar refractivity (Wildman–Crippen MR) is 86.1 cm³/mol. The highest BCUT2D eigenvalue weighted by Gasteiger charge is 2.20. The molecule has 6 nitrogen and oxygen atoms in total. The van der Waals surface area contributed by atoms with Gasteiger partial charge in [0.1, 0.15) is 5.69 Å². The zero-order valence-electron chi connectivity index (χ0n) is 12.8. The van der Waals surface area contributed by atoms with Crippen LogP contribution in [0.3, 0.4) is 0 Å². The third-order valence-corrected chi connectivity index (χ3v) is 3.51. The summed E-state index contributed by atoms with van der Waals surface area (Å²) in [5.41, 5.74) is 0.701. The van der Waals surface area contributed by atoms with Crippen molar-refractivity contribution in [1.29, 1.82) is 0 Å². The van der Waals surface area contributed by atoms with Gasteiger partial charge in [-0.3, -0.25) is 14.9 Å². The predicted octanol–water partition coefficient (Wildman–Crippen LogP) is 3.25. The standard InChI is InChI=1S/C16H21N3O3/c1-11(2)17-16(20)12-8-9-14(15(10-12)19(21)22)18-13-6-4-3-5-7-13/h3-4,8-11,13,18H,5-7H2,1-2H3,(H,17,20). The third-order valence-electron chi connectivity index (χ3n) is 3.51. The van der Waals surface area contributed by atoms with Crippen LogP contribution >= 0.6 is 0 Å². The summed E-state index contributed by atoms with van der Waals surface area (Å²) in [4.78, 5) is 22.8. The molecule has 118 valence electrons. The molecule has 1 amide bonds. The van der Waals surface area contributed by atoms with Crippen LogP contribution < -0.4 is 10.6 Å². The smallest absolute Gasteiger partial charge is 0.293 e. The van der Waals surface area contributed by atoms with Crippen LogP contribution in [-0.2, 0) is 0 Å². The molecule has 0 spiro atoms. The summed E-state index contributed by atoms with van der Waals surface area (Å²) in [6.45, 7) is 3.69. The van der Waals surface area contributed by atoms with Gasteiger partial charge in [-0.2, -0.15) is 0 Å². The number of hydrogen-bond donors (Lipinski definition) is 2. The molecule has 0 saturated carbocycles. The number of nitro groups is 1. The zero-order chi connectivity index (χ0) is 16.1. The summed E-state index contributed by atoms with van der Waals surface area (Å²) in [7, 11) is 0. The fraction of sp³-hybridized carbons (Fsp3) is 0.438. The average Bonchev–Trinajstić information content (AvgIpc) is 2.47. The number of anilines is 1. The maximum atomic E-state index is 12.0. The van der Waals surface area contributed by atoms with Crippen molar-refractivity contribution in [3.63, 3.8) is 0 Å². The highest BCUT2D eigenvalue weighted by molar-refractivity contribution is 5.95. The Labute approximate surface area is 129 Å². The van der Waals surface area contributed by atoms with Crippen molar-refractivity contribution in [2.24, 2.45) is 0 Å². The van der Waals surface area contributed by atoms with Gasteiger partial charge >= 0.3 is 0 Å². The minimum atomic E-state index is -0.451. The average molecular weight is 303 g/mol. The van der Waals surface area contributed by atoms with Crippen molar-refractivity contribution < 1.29 is 9.72 Å². The van der Waals surface area contributed by atoms with E-state index in [-0.39, 0.29) is 23.7 Å². The molecule has 0 bridgehead atoms. The summed E-state index contributed by atoms with van der Waals surface area (Å²) in [5.74, 6) is -0.301. The van der Waals surface area contributed by atoms with E-state index in [1.807, 2.05) is 13.8 Å². The number of carbonyl (C=O) groups is 1. The van der Waals surface area contributed by atoms with Crippen LogP contribution in [-0.4, -0.2) is 22.9 Å². The minimum absolute atomic E-state index is 0.0154. The van der Waals surface area contributed by atoms with Crippen LogP contribution in [0.2, 0.25) is 0 Å². The molecule has 0 aliphatic heterocycles. The second-order valence-corrected chi connectivity index (χ2v) is 5.74. The summed E-state index contributed by atoms with van der Waals surface area (Å²) in [5, 5.41) is 17.2. The Morgan fingerprint density at radius 2 is 2.14 bits per heavy atom. The van der Waals surface area contributed by atoms with E-state index in [2.05, 4.69) is 22.8 Å². The normalized spacial score (nSPS) is 17.3. The van der Waals surface area contributed by atoms with E-state index in [1.54, 1.807) is 12.1 Å². The van der Waals surface area contributed by atoms with Crippen LogP contribution in [0.5, 0.6) is 0 Å². The maximum Gasteiger partial charge on any atom is 0.293 e. The van der Waals surface area contributed by atoms with Gasteiger partial charge in [0.15, 0.2) is 0 Å². The molecule has 1 aromatic rings. The Morgan fingerprint density at radius 1 is 1.36 bits per heavy atom. The minimum Gasteiger partial charge on any atom is -0.376 e. The first-order valence-electron chi connectivity index (χ1n) is 7.48. The van der Waals surface area contributed by atoms with E-state index in [4.69, 9.17) is 0 Å². The van der Waals surface area contributed by atoms with Crippen molar-refractivity contribution in [1.82, 2.24) is 5.32 Å². The summed E-state index contributed by atoms with van der Waals surface area (Å²) < 4.78 is 0. The fourth-order valence-electron chi connectivity index (χ4n) is 2.44. The number of allylic oxidation sites excluding steroid dienone is 1. The van der Waals surface area contributed by atoms with Crippen molar-refractivity contribution in [2.75, 3.05) is 5.32 Å². The van der Waals surface area contributed by atoms with E-state index < -0.39 is 4.92 Å². The second-order valence-electron chi connectivity index (χ2n) is 5.74. The molecule has 1 unspecified atom stereocenters. The number of amides is 1. The number of rotatable bonds is 5. The number of benzene rings is 1. The van der Waals surface area contributed by atoms with E-state index in [0.717, 1.165) is 19.3 Å². The molecule has 0 fully saturated rings. The topological polar surface area (TPSA) is 84.3 Å². The van der Waals surface area contributed by atoms with Gasteiger partial charge < -0.3 is 10.6 Å². The number of nitro benzene ring substituents is 1. The molecule has 6 heteroatoms. The first-order valence-corrected chi connectivity index (χ1v) is 7.48. The fourth-order valence-corrected chi connectivity index (χ4v) is 2.44. The van der Waals surface area contributed by atoms with Gasteiger partial charge in [-0.05, 0) is 45.2 Å². The largest absolute Gasteiger partial charge is 0.376 e. The molecule has 0 radical (unpaired) electrons. The van der Waals surface area contributed by atoms with E-state index in [9.17, 15) is 14.9 Å². The highest BCUT2D eigenvalue weighted by Crippen LogP contribution is 2.28. The van der Waals surface area contributed by atoms with Crippen LogP contribution in [0.15, 0.2) is 30.4 Å². The lowest BCUT2D eigenvalue weighted by molar-refractivity contribution is -0.384. The Hall–Kier alpha value is -2.37. The van der Waals surface area contributed by atoms with E-state index in [1.165, 1.54) is 6.07 Å². The molecule has 2 N–H and O–H groups in total. The van der Waals surface area contributed by atoms with Crippen molar-refractivity contribution in [3.8, 4) is 0 Å². The summed E-state index contributed by atoms with van der Waals surface area (Å²) >= 11 is 0. The molecule has 2 rings (SSSR count). The van der Waals surface area contributed by atoms with Crippen LogP contribution in [0, 0.1) is 10.1 Å². The molecule has 1 aliphatic rings. The van der Waals surface area contributed by atoms with Crippen LogP contribution in [0.1, 0.15) is 43.5 Å². The molecular weight excluding hydrogens is 282 g/mol. The molecule has 0 aromatic heterocycles. The molecule has 1 aromatic carbocycles. The van der Waals surface area contributed by atoms with E-state index >= 15 is 0 Å². The van der Waals surface area contributed by atoms with Crippen molar-refractivity contribution in [3.05, 3.63) is 46.0 Å². The van der Waals surface area contributed by atoms with Crippen molar-refractivity contribution in [2.45, 2.75) is 45.2 Å². The highest BCUT2D eigenvalue weighted by atomic mass is 16.6. The molecule has 1 aliphatic carbocycles. The van der Waals surface area contributed by atoms with Gasteiger partial charge in [0.05, 0.1) is 4.92 Å². The van der Waals surface area contributed by atoms with Gasteiger partial charge in [0, 0.05) is 23.7 Å². The third kappa shape index (κ3) is 4.07. The Morgan fingerprint density at radius 3 is 2.73 bits per heavy atom. The van der Waals surface area contributed by atoms with Gasteiger partial charge in [-0.1, -0.05) is 12.2 Å². The number of nitrogens with one attached hydrogen (secondary N) is 2. The molecule has 0 heterocycles. The molecule has 1 atom stereocenters. The first kappa shape index (κ1) is 16.0. The van der Waals surface area contributed by atoms with Crippen molar-refractivity contribution >= 4 is 17.3 Å². The molecule has 22 heavy (non-hydrogen) atoms. The van der Waals surface area contributed by atoms with Gasteiger partial charge in [-0.15, -0.1) is 0 Å². The molecule has 0 saturated heterocycles. The zero-order valence-corrected chi connectivity index (χ0v) is 12.8. The number of carbonyl (C=O) groups excluding carboxylic acids is 1. The quantitative estimate of drug-likeness (QED) is 0.497. The van der Waals surface area contributed by atoms with Gasteiger partial charge in [0.2, 0.25) is 0 Å². The van der Waals surface area contributed by atoms with Crippen LogP contribution in [0.25, 0.3) is 0 Å². The summed E-state index contributed by atoms with van der Waals surface area (Å²) in [6.07, 6.45) is 6.97. The van der Waals surface area contributed by atoms with Gasteiger partial charge in [-0.25, -0.2) is 0 Å². The van der Waals surface area contributed by atoms with Gasteiger partial charge in [0.25, 0.3) is 11.6 Å². The Balaban J connectivity index is 2.21. The SMILES string of the molecule is CC(C)NC(=O)c1ccc(NC2CC=CCC2)c([N+](=O)[O-])c1. The lowest BCUT2D eigenvalue weighted by atomic mass is 10.0. The first-order chi connectivity index (χ1) is 10.5. The monoisotopic (exact) mass is 303 g/mol. The molecular formula is C16H21N3O3. The maximum absolute atomic E-state index is 12.0.